The van der Waals surface area contributed by atoms with Gasteiger partial charge in [0.1, 0.15) is 0 Å². The Labute approximate surface area is 195 Å². The second kappa shape index (κ2) is 17.6. The number of nitrogens with zero attached hydrogens (tertiary/aromatic N) is 2. The van der Waals surface area contributed by atoms with Gasteiger partial charge in [-0.05, 0) is 31.6 Å². The third-order valence-electron chi connectivity index (χ3n) is 5.85. The molecule has 1 aromatic rings. The van der Waals surface area contributed by atoms with Gasteiger partial charge in [0, 0.05) is 38.7 Å². The van der Waals surface area contributed by atoms with E-state index in [1.165, 1.54) is 51.4 Å². The van der Waals surface area contributed by atoms with E-state index in [4.69, 9.17) is 10.8 Å². The highest BCUT2D eigenvalue weighted by Crippen LogP contribution is 2.19. The van der Waals surface area contributed by atoms with E-state index in [2.05, 4.69) is 42.6 Å². The summed E-state index contributed by atoms with van der Waals surface area (Å²) in [6, 6.07) is -0.00468. The van der Waals surface area contributed by atoms with Crippen molar-refractivity contribution in [2.75, 3.05) is 13.1 Å². The molecule has 0 radical (unpaired) electrons. The average Bonchev–Trinajstić information content (AvgIpc) is 3.21. The lowest BCUT2D eigenvalue weighted by atomic mass is 9.95. The molecule has 7 nitrogen and oxygen atoms in total. The number of carbonyl (C=O) groups is 2. The molecular weight excluding hydrogens is 404 g/mol. The zero-order valence-corrected chi connectivity index (χ0v) is 21.3. The number of nitrogens with two attached hydrogens (primary N) is 1. The summed E-state index contributed by atoms with van der Waals surface area (Å²) in [5, 5.41) is 8.51. The summed E-state index contributed by atoms with van der Waals surface area (Å²) in [4.78, 5) is 30.8. The average molecular weight is 453 g/mol. The van der Waals surface area contributed by atoms with Crippen molar-refractivity contribution in [1.82, 2.24) is 14.9 Å². The van der Waals surface area contributed by atoms with Crippen molar-refractivity contribution in [3.05, 3.63) is 17.7 Å². The van der Waals surface area contributed by atoms with Gasteiger partial charge in [0.2, 0.25) is 11.7 Å². The van der Waals surface area contributed by atoms with Gasteiger partial charge >= 0.3 is 5.97 Å². The SMILES string of the molecule is CCCCC(CC)CN(CC(CC)CCCC)C(C)=O.C[C@@H](N)Cc1c[nH]c(C(=O)O)n1. The van der Waals surface area contributed by atoms with Crippen LogP contribution in [0.3, 0.4) is 0 Å². The van der Waals surface area contributed by atoms with E-state index < -0.39 is 5.97 Å². The molecule has 1 heterocycles. The fourth-order valence-corrected chi connectivity index (χ4v) is 3.69. The van der Waals surface area contributed by atoms with E-state index in [0.717, 1.165) is 13.1 Å². The van der Waals surface area contributed by atoms with Crippen LogP contribution in [0.4, 0.5) is 0 Å². The molecule has 1 amide bonds. The van der Waals surface area contributed by atoms with Crippen LogP contribution in [0.25, 0.3) is 0 Å². The number of rotatable bonds is 15. The molecule has 0 aliphatic rings. The standard InChI is InChI=1S/C18H37NO.C7H11N3O2/c1-6-10-12-17(8-3)14-19(16(5)20)15-18(9-4)13-11-7-2;1-4(8)2-5-3-9-6(10-5)7(11)12/h17-18H,6-15H2,1-5H3;3-4H,2,8H2,1H3,(H,9,10)(H,11,12)/t;4-/m.1/s1. The maximum absolute atomic E-state index is 11.9. The third kappa shape index (κ3) is 13.5. The van der Waals surface area contributed by atoms with E-state index in [1.807, 2.05) is 6.92 Å². The maximum atomic E-state index is 11.9. The number of aromatic carboxylic acids is 1. The zero-order valence-electron chi connectivity index (χ0n) is 21.3. The molecule has 7 heteroatoms. The Kier molecular flexibility index (Phi) is 16.6. The first-order chi connectivity index (χ1) is 15.2. The molecule has 0 saturated heterocycles. The van der Waals surface area contributed by atoms with Crippen LogP contribution in [0, 0.1) is 11.8 Å². The Morgan fingerprint density at radius 1 is 1.06 bits per heavy atom. The minimum atomic E-state index is -1.05. The van der Waals surface area contributed by atoms with Crippen molar-refractivity contribution in [2.24, 2.45) is 17.6 Å². The third-order valence-corrected chi connectivity index (χ3v) is 5.85. The molecule has 3 atom stereocenters. The molecule has 32 heavy (non-hydrogen) atoms. The molecular formula is C25H48N4O3. The monoisotopic (exact) mass is 452 g/mol. The van der Waals surface area contributed by atoms with Gasteiger partial charge in [0.15, 0.2) is 0 Å². The number of carboxylic acids is 1. The molecule has 0 bridgehead atoms. The minimum Gasteiger partial charge on any atom is -0.475 e. The second-order valence-electron chi connectivity index (χ2n) is 8.98. The summed E-state index contributed by atoms with van der Waals surface area (Å²) >= 11 is 0. The lowest BCUT2D eigenvalue weighted by Crippen LogP contribution is -2.37. The van der Waals surface area contributed by atoms with E-state index in [-0.39, 0.29) is 17.8 Å². The number of aromatic nitrogens is 2. The maximum Gasteiger partial charge on any atom is 0.371 e. The smallest absolute Gasteiger partial charge is 0.371 e. The number of amides is 1. The van der Waals surface area contributed by atoms with Gasteiger partial charge in [0.05, 0.1) is 5.69 Å². The first-order valence-corrected chi connectivity index (χ1v) is 12.5. The quantitative estimate of drug-likeness (QED) is 0.336. The Bertz CT molecular complexity index is 612. The highest BCUT2D eigenvalue weighted by atomic mass is 16.4. The molecule has 0 fully saturated rings. The second-order valence-corrected chi connectivity index (χ2v) is 8.98. The number of carbonyl (C=O) groups excluding carboxylic acids is 1. The number of unbranched alkanes of at least 4 members (excludes halogenated alkanes) is 2. The fourth-order valence-electron chi connectivity index (χ4n) is 3.69. The van der Waals surface area contributed by atoms with Crippen LogP contribution < -0.4 is 5.73 Å². The molecule has 0 saturated carbocycles. The summed E-state index contributed by atoms with van der Waals surface area (Å²) in [5.74, 6) is 0.538. The van der Waals surface area contributed by atoms with Crippen LogP contribution in [0.15, 0.2) is 6.20 Å². The topological polar surface area (TPSA) is 112 Å². The lowest BCUT2D eigenvalue weighted by molar-refractivity contribution is -0.130. The molecule has 0 aliphatic carbocycles. The van der Waals surface area contributed by atoms with Crippen LogP contribution >= 0.6 is 0 Å². The van der Waals surface area contributed by atoms with Crippen LogP contribution in [-0.2, 0) is 11.2 Å². The van der Waals surface area contributed by atoms with Crippen molar-refractivity contribution in [3.63, 3.8) is 0 Å². The molecule has 186 valence electrons. The Morgan fingerprint density at radius 3 is 1.88 bits per heavy atom. The fraction of sp³-hybridized carbons (Fsp3) is 0.800. The summed E-state index contributed by atoms with van der Waals surface area (Å²) in [6.07, 6.45) is 12.1. The van der Waals surface area contributed by atoms with Gasteiger partial charge in [-0.3, -0.25) is 4.79 Å². The van der Waals surface area contributed by atoms with Gasteiger partial charge < -0.3 is 20.7 Å². The lowest BCUT2D eigenvalue weighted by Gasteiger charge is -2.30. The number of imidazole rings is 1. The zero-order chi connectivity index (χ0) is 24.5. The number of hydrogen-bond donors (Lipinski definition) is 3. The number of aromatic amines is 1. The van der Waals surface area contributed by atoms with Crippen LogP contribution in [0.2, 0.25) is 0 Å². The number of nitrogens with one attached hydrogen (secondary N) is 1. The number of hydrogen-bond acceptors (Lipinski definition) is 4. The van der Waals surface area contributed by atoms with E-state index in [1.54, 1.807) is 13.1 Å². The van der Waals surface area contributed by atoms with Crippen molar-refractivity contribution in [1.29, 1.82) is 0 Å². The number of H-pyrrole nitrogens is 1. The summed E-state index contributed by atoms with van der Waals surface area (Å²) in [5.41, 5.74) is 6.19. The Morgan fingerprint density at radius 2 is 1.56 bits per heavy atom. The summed E-state index contributed by atoms with van der Waals surface area (Å²) in [6.45, 7) is 14.5. The Balaban J connectivity index is 0.000000677. The van der Waals surface area contributed by atoms with Gasteiger partial charge in [-0.2, -0.15) is 0 Å². The van der Waals surface area contributed by atoms with Crippen LogP contribution in [-0.4, -0.2) is 51.0 Å². The molecule has 2 unspecified atom stereocenters. The largest absolute Gasteiger partial charge is 0.475 e. The van der Waals surface area contributed by atoms with Crippen molar-refractivity contribution < 1.29 is 14.7 Å². The predicted molar refractivity (Wildman–Crippen MR) is 132 cm³/mol. The van der Waals surface area contributed by atoms with Gasteiger partial charge in [-0.15, -0.1) is 0 Å². The first-order valence-electron chi connectivity index (χ1n) is 12.5. The van der Waals surface area contributed by atoms with E-state index in [9.17, 15) is 9.59 Å². The van der Waals surface area contributed by atoms with E-state index in [0.29, 0.717) is 24.0 Å². The first kappa shape index (κ1) is 30.1. The normalized spacial score (nSPS) is 13.6. The molecule has 1 rings (SSSR count). The molecule has 0 aromatic carbocycles. The van der Waals surface area contributed by atoms with Crippen LogP contribution in [0.1, 0.15) is 109 Å². The summed E-state index contributed by atoms with van der Waals surface area (Å²) in [7, 11) is 0. The number of carboxylic acid groups (broad SMARTS) is 1. The molecule has 0 spiro atoms. The van der Waals surface area contributed by atoms with E-state index >= 15 is 0 Å². The van der Waals surface area contributed by atoms with Gasteiger partial charge in [0.25, 0.3) is 0 Å². The highest BCUT2D eigenvalue weighted by molar-refractivity contribution is 5.83. The Hall–Kier alpha value is -1.89. The van der Waals surface area contributed by atoms with Crippen molar-refractivity contribution in [3.8, 4) is 0 Å². The molecule has 4 N–H and O–H groups in total. The van der Waals surface area contributed by atoms with Crippen LogP contribution in [0.5, 0.6) is 0 Å². The van der Waals surface area contributed by atoms with Gasteiger partial charge in [-0.1, -0.05) is 66.2 Å². The van der Waals surface area contributed by atoms with Gasteiger partial charge in [-0.25, -0.2) is 9.78 Å². The van der Waals surface area contributed by atoms with Crippen molar-refractivity contribution >= 4 is 11.9 Å². The van der Waals surface area contributed by atoms with Crippen molar-refractivity contribution in [2.45, 2.75) is 105 Å². The predicted octanol–water partition coefficient (Wildman–Crippen LogP) is 5.27. The highest BCUT2D eigenvalue weighted by Gasteiger charge is 2.18. The molecule has 0 aliphatic heterocycles. The minimum absolute atomic E-state index is 0.00468. The summed E-state index contributed by atoms with van der Waals surface area (Å²) < 4.78 is 0. The molecule has 1 aromatic heterocycles.